The van der Waals surface area contributed by atoms with E-state index in [1.54, 1.807) is 12.4 Å². The lowest BCUT2D eigenvalue weighted by Crippen LogP contribution is -2.14. The number of aromatic hydroxyl groups is 1. The molecule has 0 aliphatic rings. The third-order valence-electron chi connectivity index (χ3n) is 5.01. The summed E-state index contributed by atoms with van der Waals surface area (Å²) in [6.07, 6.45) is 5.59. The van der Waals surface area contributed by atoms with Crippen LogP contribution in [0.4, 0.5) is 5.69 Å². The fourth-order valence-electron chi connectivity index (χ4n) is 3.38. The molecule has 30 heavy (non-hydrogen) atoms. The fraction of sp³-hybridized carbons (Fsp3) is 0.200. The number of fused-ring (bicyclic) bond motifs is 1. The van der Waals surface area contributed by atoms with Crippen LogP contribution in [0.3, 0.4) is 0 Å². The lowest BCUT2D eigenvalue weighted by molar-refractivity contribution is 0.309. The first-order chi connectivity index (χ1) is 14.8. The van der Waals surface area contributed by atoms with Gasteiger partial charge >= 0.3 is 0 Å². The number of nitrogens with one attached hydrogen (secondary N) is 1. The maximum absolute atomic E-state index is 11.0. The third-order valence-corrected chi connectivity index (χ3v) is 5.01. The molecule has 2 N–H and O–H groups in total. The Morgan fingerprint density at radius 2 is 1.77 bits per heavy atom. The van der Waals surface area contributed by atoms with Gasteiger partial charge in [0.05, 0.1) is 18.3 Å². The van der Waals surface area contributed by atoms with E-state index in [9.17, 15) is 5.11 Å². The average Bonchev–Trinajstić information content (AvgIpc) is 2.80. The lowest BCUT2D eigenvalue weighted by atomic mass is 9.99. The minimum Gasteiger partial charge on any atom is -0.505 e. The zero-order valence-corrected chi connectivity index (χ0v) is 17.0. The molecule has 5 nitrogen and oxygen atoms in total. The number of nitrogens with zero attached hydrogens (tertiary/aromatic N) is 2. The largest absolute Gasteiger partial charge is 0.505 e. The Labute approximate surface area is 176 Å². The number of phenols is 1. The van der Waals surface area contributed by atoms with E-state index in [0.29, 0.717) is 5.52 Å². The SMILES string of the molecule is CCCCOc1ccc(NC(c2ccccn2)c2ccc3cccnc3c2O)cc1. The van der Waals surface area contributed by atoms with Crippen molar-refractivity contribution in [1.82, 2.24) is 9.97 Å². The molecule has 4 rings (SSSR count). The van der Waals surface area contributed by atoms with Crippen molar-refractivity contribution in [2.45, 2.75) is 25.8 Å². The van der Waals surface area contributed by atoms with Gasteiger partial charge in [0.1, 0.15) is 17.0 Å². The molecule has 1 atom stereocenters. The number of hydrogen-bond acceptors (Lipinski definition) is 5. The van der Waals surface area contributed by atoms with Crippen molar-refractivity contribution >= 4 is 16.6 Å². The molecular formula is C25H25N3O2. The van der Waals surface area contributed by atoms with Gasteiger partial charge < -0.3 is 15.2 Å². The van der Waals surface area contributed by atoms with Crippen molar-refractivity contribution in [3.63, 3.8) is 0 Å². The van der Waals surface area contributed by atoms with Crippen LogP contribution in [-0.4, -0.2) is 21.7 Å². The Kier molecular flexibility index (Phi) is 6.09. The highest BCUT2D eigenvalue weighted by atomic mass is 16.5. The van der Waals surface area contributed by atoms with Crippen LogP contribution < -0.4 is 10.1 Å². The molecule has 0 saturated heterocycles. The second-order valence-corrected chi connectivity index (χ2v) is 7.14. The van der Waals surface area contributed by atoms with E-state index in [4.69, 9.17) is 4.74 Å². The normalized spacial score (nSPS) is 11.9. The van der Waals surface area contributed by atoms with Crippen LogP contribution in [0.15, 0.2) is 79.1 Å². The van der Waals surface area contributed by atoms with Crippen molar-refractivity contribution < 1.29 is 9.84 Å². The van der Waals surface area contributed by atoms with E-state index in [2.05, 4.69) is 22.2 Å². The topological polar surface area (TPSA) is 67.3 Å². The number of phenolic OH excluding ortho intramolecular Hbond substituents is 1. The maximum Gasteiger partial charge on any atom is 0.147 e. The van der Waals surface area contributed by atoms with Crippen LogP contribution in [0.2, 0.25) is 0 Å². The summed E-state index contributed by atoms with van der Waals surface area (Å²) in [6.45, 7) is 2.86. The number of aromatic nitrogens is 2. The lowest BCUT2D eigenvalue weighted by Gasteiger charge is -2.22. The first-order valence-electron chi connectivity index (χ1n) is 10.2. The van der Waals surface area contributed by atoms with Crippen LogP contribution in [-0.2, 0) is 0 Å². The highest BCUT2D eigenvalue weighted by Crippen LogP contribution is 2.36. The summed E-state index contributed by atoms with van der Waals surface area (Å²) in [7, 11) is 0. The fourth-order valence-corrected chi connectivity index (χ4v) is 3.38. The third kappa shape index (κ3) is 4.35. The smallest absolute Gasteiger partial charge is 0.147 e. The van der Waals surface area contributed by atoms with Gasteiger partial charge in [-0.15, -0.1) is 0 Å². The summed E-state index contributed by atoms with van der Waals surface area (Å²) >= 11 is 0. The van der Waals surface area contributed by atoms with Crippen molar-refractivity contribution in [2.75, 3.05) is 11.9 Å². The number of hydrogen-bond donors (Lipinski definition) is 2. The quantitative estimate of drug-likeness (QED) is 0.371. The summed E-state index contributed by atoms with van der Waals surface area (Å²) in [5, 5.41) is 15.4. The van der Waals surface area contributed by atoms with Gasteiger partial charge in [-0.25, -0.2) is 0 Å². The summed E-state index contributed by atoms with van der Waals surface area (Å²) in [6, 6.07) is 21.0. The van der Waals surface area contributed by atoms with Crippen molar-refractivity contribution in [2.24, 2.45) is 0 Å². The highest BCUT2D eigenvalue weighted by Gasteiger charge is 2.21. The predicted molar refractivity (Wildman–Crippen MR) is 120 cm³/mol. The first-order valence-corrected chi connectivity index (χ1v) is 10.2. The van der Waals surface area contributed by atoms with Crippen molar-refractivity contribution in [3.8, 4) is 11.5 Å². The summed E-state index contributed by atoms with van der Waals surface area (Å²) in [5.74, 6) is 1.01. The molecule has 2 aromatic carbocycles. The van der Waals surface area contributed by atoms with Gasteiger partial charge in [0.2, 0.25) is 0 Å². The van der Waals surface area contributed by atoms with Gasteiger partial charge in [0.15, 0.2) is 0 Å². The molecule has 0 saturated carbocycles. The van der Waals surface area contributed by atoms with Crippen molar-refractivity contribution in [1.29, 1.82) is 0 Å². The van der Waals surface area contributed by atoms with E-state index < -0.39 is 0 Å². The zero-order valence-electron chi connectivity index (χ0n) is 17.0. The van der Waals surface area contributed by atoms with E-state index in [-0.39, 0.29) is 11.8 Å². The maximum atomic E-state index is 11.0. The Hall–Kier alpha value is -3.60. The minimum absolute atomic E-state index is 0.163. The standard InChI is InChI=1S/C25H25N3O2/c1-2-3-17-30-20-12-10-19(11-13-20)28-24(22-8-4-5-15-26-22)21-14-9-18-7-6-16-27-23(18)25(21)29/h4-16,24,28-29H,2-3,17H2,1H3. The molecule has 2 aromatic heterocycles. The van der Waals surface area contributed by atoms with Gasteiger partial charge in [-0.05, 0) is 48.9 Å². The molecule has 0 amide bonds. The van der Waals surface area contributed by atoms with Gasteiger partial charge in [0.25, 0.3) is 0 Å². The van der Waals surface area contributed by atoms with E-state index in [0.717, 1.165) is 47.5 Å². The molecule has 152 valence electrons. The highest BCUT2D eigenvalue weighted by molar-refractivity contribution is 5.86. The first kappa shape index (κ1) is 19.7. The van der Waals surface area contributed by atoms with Crippen LogP contribution in [0, 0.1) is 0 Å². The second kappa shape index (κ2) is 9.27. The van der Waals surface area contributed by atoms with E-state index in [1.165, 1.54) is 0 Å². The molecule has 2 heterocycles. The molecule has 5 heteroatoms. The monoisotopic (exact) mass is 399 g/mol. The summed E-state index contributed by atoms with van der Waals surface area (Å²) in [5.41, 5.74) is 3.03. The van der Waals surface area contributed by atoms with E-state index >= 15 is 0 Å². The van der Waals surface area contributed by atoms with Crippen LogP contribution in [0.1, 0.15) is 37.1 Å². The number of anilines is 1. The van der Waals surface area contributed by atoms with Crippen LogP contribution >= 0.6 is 0 Å². The summed E-state index contributed by atoms with van der Waals surface area (Å²) < 4.78 is 5.75. The van der Waals surface area contributed by atoms with Crippen LogP contribution in [0.25, 0.3) is 10.9 Å². The molecule has 4 aromatic rings. The number of pyridine rings is 2. The molecule has 0 aliphatic heterocycles. The predicted octanol–water partition coefficient (Wildman–Crippen LogP) is 5.72. The minimum atomic E-state index is -0.329. The Balaban J connectivity index is 1.66. The molecular weight excluding hydrogens is 374 g/mol. The number of benzene rings is 2. The summed E-state index contributed by atoms with van der Waals surface area (Å²) in [4.78, 5) is 8.88. The Morgan fingerprint density at radius 1 is 0.933 bits per heavy atom. The van der Waals surface area contributed by atoms with Crippen molar-refractivity contribution in [3.05, 3.63) is 90.4 Å². The number of rotatable bonds is 8. The zero-order chi connectivity index (χ0) is 20.8. The second-order valence-electron chi connectivity index (χ2n) is 7.14. The molecule has 0 bridgehead atoms. The van der Waals surface area contributed by atoms with Gasteiger partial charge in [-0.2, -0.15) is 0 Å². The van der Waals surface area contributed by atoms with Gasteiger partial charge in [-0.3, -0.25) is 9.97 Å². The van der Waals surface area contributed by atoms with Gasteiger partial charge in [0, 0.05) is 29.0 Å². The van der Waals surface area contributed by atoms with E-state index in [1.807, 2.05) is 66.7 Å². The average molecular weight is 399 g/mol. The molecule has 0 spiro atoms. The molecule has 0 radical (unpaired) electrons. The Morgan fingerprint density at radius 3 is 2.53 bits per heavy atom. The molecule has 0 aliphatic carbocycles. The van der Waals surface area contributed by atoms with Gasteiger partial charge in [-0.1, -0.05) is 37.6 Å². The number of ether oxygens (including phenoxy) is 1. The number of unbranched alkanes of at least 4 members (excludes halogenated alkanes) is 1. The Bertz CT molecular complexity index is 1100. The van der Waals surface area contributed by atoms with Crippen LogP contribution in [0.5, 0.6) is 11.5 Å². The molecule has 0 fully saturated rings. The molecule has 1 unspecified atom stereocenters.